The van der Waals surface area contributed by atoms with Gasteiger partial charge in [0.25, 0.3) is 0 Å². The van der Waals surface area contributed by atoms with E-state index in [0.717, 1.165) is 56.3 Å². The van der Waals surface area contributed by atoms with E-state index in [1.165, 1.54) is 167 Å². The molecule has 0 spiro atoms. The molecule has 322 valence electrons. The van der Waals surface area contributed by atoms with E-state index in [-0.39, 0.29) is 11.9 Å². The van der Waals surface area contributed by atoms with Gasteiger partial charge in [-0.2, -0.15) is 0 Å². The Morgan fingerprint density at radius 3 is 1.04 bits per heavy atom. The van der Waals surface area contributed by atoms with E-state index < -0.39 is 0 Å². The van der Waals surface area contributed by atoms with E-state index in [1.54, 1.807) is 0 Å². The van der Waals surface area contributed by atoms with E-state index in [1.807, 2.05) is 0 Å². The molecule has 0 aromatic rings. The molecule has 0 rings (SSSR count). The summed E-state index contributed by atoms with van der Waals surface area (Å²) >= 11 is 0. The quantitative estimate of drug-likeness (QED) is 0.0458. The number of hydrogen-bond donors (Lipinski definition) is 0. The highest BCUT2D eigenvalue weighted by molar-refractivity contribution is 5.69. The predicted molar refractivity (Wildman–Crippen MR) is 235 cm³/mol. The number of unbranched alkanes of at least 4 members (excludes halogenated alkanes) is 16. The fourth-order valence-corrected chi connectivity index (χ4v) is 7.91. The molecule has 0 atom stereocenters. The molecule has 0 unspecified atom stereocenters. The summed E-state index contributed by atoms with van der Waals surface area (Å²) < 4.78 is 11.2. The molecule has 0 saturated carbocycles. The molecule has 0 saturated heterocycles. The Morgan fingerprint density at radius 1 is 0.407 bits per heavy atom. The van der Waals surface area contributed by atoms with Crippen molar-refractivity contribution >= 4 is 11.9 Å². The number of nitrogens with zero attached hydrogens (tertiary/aromatic N) is 1. The summed E-state index contributed by atoms with van der Waals surface area (Å²) in [5.41, 5.74) is 0. The van der Waals surface area contributed by atoms with Crippen LogP contribution < -0.4 is 0 Å². The Hall–Kier alpha value is -1.10. The fraction of sp³-hybridized carbons (Fsp3) is 0.959. The third-order valence-corrected chi connectivity index (χ3v) is 12.2. The summed E-state index contributed by atoms with van der Waals surface area (Å²) in [5.74, 6) is 2.34. The van der Waals surface area contributed by atoms with Crippen LogP contribution in [0.3, 0.4) is 0 Å². The molecule has 0 heterocycles. The molecule has 0 aliphatic rings. The highest BCUT2D eigenvalue weighted by Gasteiger charge is 2.13. The van der Waals surface area contributed by atoms with Crippen LogP contribution in [0.25, 0.3) is 0 Å². The second-order valence-corrected chi connectivity index (χ2v) is 17.6. The highest BCUT2D eigenvalue weighted by atomic mass is 16.5. The maximum atomic E-state index is 12.2. The molecule has 0 N–H and O–H groups in total. The summed E-state index contributed by atoms with van der Waals surface area (Å²) in [7, 11) is 2.28. The number of carbonyl (C=O) groups excluding carboxylic acids is 2. The topological polar surface area (TPSA) is 55.8 Å². The van der Waals surface area contributed by atoms with Crippen LogP contribution in [-0.2, 0) is 19.1 Å². The lowest BCUT2D eigenvalue weighted by molar-refractivity contribution is -0.145. The maximum absolute atomic E-state index is 12.2. The van der Waals surface area contributed by atoms with Gasteiger partial charge in [-0.3, -0.25) is 9.59 Å². The predicted octanol–water partition coefficient (Wildman–Crippen LogP) is 15.2. The molecular formula is C49H97NO4. The molecule has 5 heteroatoms. The average molecular weight is 764 g/mol. The Kier molecular flexibility index (Phi) is 39.3. The largest absolute Gasteiger partial charge is 0.466 e. The highest BCUT2D eigenvalue weighted by Crippen LogP contribution is 2.24. The van der Waals surface area contributed by atoms with Crippen molar-refractivity contribution in [1.82, 2.24) is 4.90 Å². The maximum Gasteiger partial charge on any atom is 0.305 e. The van der Waals surface area contributed by atoms with E-state index in [4.69, 9.17) is 9.47 Å². The van der Waals surface area contributed by atoms with Crippen LogP contribution >= 0.6 is 0 Å². The van der Waals surface area contributed by atoms with Gasteiger partial charge in [-0.25, -0.2) is 0 Å². The lowest BCUT2D eigenvalue weighted by Gasteiger charge is -2.24. The van der Waals surface area contributed by atoms with Crippen LogP contribution in [-0.4, -0.2) is 49.7 Å². The van der Waals surface area contributed by atoms with Gasteiger partial charge in [-0.15, -0.1) is 0 Å². The lowest BCUT2D eigenvalue weighted by Crippen LogP contribution is -2.28. The first-order valence-electron chi connectivity index (χ1n) is 24.3. The Bertz CT molecular complexity index is 729. The average Bonchev–Trinajstić information content (AvgIpc) is 3.16. The minimum atomic E-state index is 0.0158. The molecular weight excluding hydrogens is 667 g/mol. The minimum absolute atomic E-state index is 0.0158. The van der Waals surface area contributed by atoms with Gasteiger partial charge >= 0.3 is 11.9 Å². The van der Waals surface area contributed by atoms with Gasteiger partial charge in [-0.05, 0) is 77.3 Å². The van der Waals surface area contributed by atoms with E-state index in [2.05, 4.69) is 53.5 Å². The zero-order valence-electron chi connectivity index (χ0n) is 37.8. The first kappa shape index (κ1) is 52.9. The zero-order valence-corrected chi connectivity index (χ0v) is 37.8. The number of ether oxygens (including phenoxy) is 2. The number of esters is 2. The number of rotatable bonds is 42. The van der Waals surface area contributed by atoms with Crippen molar-refractivity contribution < 1.29 is 19.1 Å². The Labute approximate surface area is 339 Å². The molecule has 0 amide bonds. The van der Waals surface area contributed by atoms with E-state index in [9.17, 15) is 9.59 Å². The van der Waals surface area contributed by atoms with Crippen molar-refractivity contribution in [2.75, 3.05) is 26.8 Å². The summed E-state index contributed by atoms with van der Waals surface area (Å²) in [6, 6.07) is 0.617. The second kappa shape index (κ2) is 40.1. The van der Waals surface area contributed by atoms with Crippen molar-refractivity contribution in [3.05, 3.63) is 0 Å². The number of carbonyl (C=O) groups is 2. The first-order chi connectivity index (χ1) is 26.3. The summed E-state index contributed by atoms with van der Waals surface area (Å²) in [5, 5.41) is 0. The molecule has 0 aliphatic carbocycles. The van der Waals surface area contributed by atoms with E-state index in [0.29, 0.717) is 32.1 Å². The summed E-state index contributed by atoms with van der Waals surface area (Å²) in [6.07, 6.45) is 40.1. The molecule has 0 fully saturated rings. The van der Waals surface area contributed by atoms with Crippen molar-refractivity contribution in [1.29, 1.82) is 0 Å². The lowest BCUT2D eigenvalue weighted by atomic mass is 9.91. The molecule has 0 radical (unpaired) electrons. The molecule has 54 heavy (non-hydrogen) atoms. The van der Waals surface area contributed by atoms with Crippen LogP contribution in [0.4, 0.5) is 0 Å². The van der Waals surface area contributed by atoms with Gasteiger partial charge in [0.1, 0.15) is 0 Å². The minimum Gasteiger partial charge on any atom is -0.466 e. The van der Waals surface area contributed by atoms with Gasteiger partial charge in [-0.1, -0.05) is 195 Å². The van der Waals surface area contributed by atoms with Gasteiger partial charge in [0.05, 0.1) is 13.2 Å². The van der Waals surface area contributed by atoms with Gasteiger partial charge < -0.3 is 14.4 Å². The standard InChI is InChI=1S/C49H97NO4/c1-8-12-30-46(31-13-9-2)39-42-53-48(51)36-28-24-20-16-18-22-26-34-45(38-41-50(7)44(5)6)35-27-23-19-17-21-25-29-37-49(52)54-43-40-47(32-14-10-3)33-15-11-4/h44-47H,8-43H2,1-7H3. The van der Waals surface area contributed by atoms with Crippen LogP contribution in [0, 0.1) is 17.8 Å². The molecule has 5 nitrogen and oxygen atoms in total. The molecule has 0 aromatic heterocycles. The number of hydrogen-bond acceptors (Lipinski definition) is 5. The van der Waals surface area contributed by atoms with Crippen molar-refractivity contribution in [2.45, 2.75) is 259 Å². The second-order valence-electron chi connectivity index (χ2n) is 17.6. The van der Waals surface area contributed by atoms with Crippen molar-refractivity contribution in [2.24, 2.45) is 17.8 Å². The van der Waals surface area contributed by atoms with Gasteiger partial charge in [0.15, 0.2) is 0 Å². The van der Waals surface area contributed by atoms with Crippen LogP contribution in [0.2, 0.25) is 0 Å². The monoisotopic (exact) mass is 764 g/mol. The van der Waals surface area contributed by atoms with Crippen molar-refractivity contribution in [3.8, 4) is 0 Å². The SMILES string of the molecule is CCCCC(CCCC)CCOC(=O)CCCCCCCCCC(CCCCCCCCCC(=O)OCCC(CCCC)CCCC)CCN(C)C(C)C. The van der Waals surface area contributed by atoms with Gasteiger partial charge in [0, 0.05) is 18.9 Å². The Morgan fingerprint density at radius 2 is 0.704 bits per heavy atom. The fourth-order valence-electron chi connectivity index (χ4n) is 7.91. The first-order valence-corrected chi connectivity index (χ1v) is 24.3. The van der Waals surface area contributed by atoms with Crippen molar-refractivity contribution in [3.63, 3.8) is 0 Å². The van der Waals surface area contributed by atoms with Crippen LogP contribution in [0.5, 0.6) is 0 Å². The summed E-state index contributed by atoms with van der Waals surface area (Å²) in [6.45, 7) is 16.1. The molecule has 0 bridgehead atoms. The van der Waals surface area contributed by atoms with E-state index >= 15 is 0 Å². The zero-order chi connectivity index (χ0) is 39.9. The molecule has 0 aromatic carbocycles. The third kappa shape index (κ3) is 35.3. The van der Waals surface area contributed by atoms with Gasteiger partial charge in [0.2, 0.25) is 0 Å². The summed E-state index contributed by atoms with van der Waals surface area (Å²) in [4.78, 5) is 27.0. The normalized spacial score (nSPS) is 11.9. The smallest absolute Gasteiger partial charge is 0.305 e. The Balaban J connectivity index is 4.04. The van der Waals surface area contributed by atoms with Crippen LogP contribution in [0.15, 0.2) is 0 Å². The third-order valence-electron chi connectivity index (χ3n) is 12.2. The van der Waals surface area contributed by atoms with Crippen LogP contribution in [0.1, 0.15) is 253 Å². The molecule has 0 aliphatic heterocycles.